The van der Waals surface area contributed by atoms with Crippen molar-refractivity contribution in [1.82, 2.24) is 19.9 Å². The highest BCUT2D eigenvalue weighted by Gasteiger charge is 2.09. The summed E-state index contributed by atoms with van der Waals surface area (Å²) in [6.45, 7) is 2.03. The summed E-state index contributed by atoms with van der Waals surface area (Å²) in [7, 11) is 0. The summed E-state index contributed by atoms with van der Waals surface area (Å²) in [6.07, 6.45) is 4.98. The molecule has 0 spiro atoms. The Labute approximate surface area is 75.6 Å². The maximum Gasteiger partial charge on any atom is 0.160 e. The number of aromatic nitrogens is 3. The van der Waals surface area contributed by atoms with Crippen LogP contribution in [0.4, 0.5) is 0 Å². The molecule has 66 valence electrons. The van der Waals surface area contributed by atoms with Crippen molar-refractivity contribution >= 4 is 5.65 Å². The third-order valence-corrected chi connectivity index (χ3v) is 2.50. The molecule has 13 heavy (non-hydrogen) atoms. The van der Waals surface area contributed by atoms with Crippen LogP contribution in [0.15, 0.2) is 18.6 Å². The molecular weight excluding hydrogens is 164 g/mol. The average molecular weight is 174 g/mol. The van der Waals surface area contributed by atoms with E-state index >= 15 is 0 Å². The van der Waals surface area contributed by atoms with E-state index in [4.69, 9.17) is 0 Å². The van der Waals surface area contributed by atoms with Gasteiger partial charge >= 0.3 is 0 Å². The number of hydrogen-bond acceptors (Lipinski definition) is 3. The van der Waals surface area contributed by atoms with Crippen LogP contribution in [0.1, 0.15) is 11.1 Å². The second kappa shape index (κ2) is 2.53. The van der Waals surface area contributed by atoms with Gasteiger partial charge in [-0.1, -0.05) is 0 Å². The van der Waals surface area contributed by atoms with E-state index in [1.807, 2.05) is 4.40 Å². The lowest BCUT2D eigenvalue weighted by Crippen LogP contribution is -2.23. The van der Waals surface area contributed by atoms with Crippen LogP contribution in [0, 0.1) is 0 Å². The van der Waals surface area contributed by atoms with Crippen LogP contribution in [0.5, 0.6) is 0 Å². The highest BCUT2D eigenvalue weighted by atomic mass is 15.2. The second-order valence-corrected chi connectivity index (χ2v) is 3.35. The number of hydrogen-bond donors (Lipinski definition) is 1. The zero-order valence-corrected chi connectivity index (χ0v) is 7.20. The van der Waals surface area contributed by atoms with E-state index in [0.29, 0.717) is 0 Å². The van der Waals surface area contributed by atoms with Gasteiger partial charge < -0.3 is 5.32 Å². The molecule has 0 bridgehead atoms. The molecule has 0 fully saturated rings. The highest BCUT2D eigenvalue weighted by molar-refractivity contribution is 5.44. The Hall–Kier alpha value is -1.42. The van der Waals surface area contributed by atoms with Crippen molar-refractivity contribution in [3.8, 4) is 0 Å². The molecular formula is C9H10N4. The first-order valence-electron chi connectivity index (χ1n) is 4.45. The van der Waals surface area contributed by atoms with Gasteiger partial charge in [-0.05, 0) is 30.2 Å². The molecule has 4 heteroatoms. The molecule has 0 saturated carbocycles. The number of pyridine rings is 1. The Bertz CT molecular complexity index is 406. The molecule has 0 amide bonds. The van der Waals surface area contributed by atoms with E-state index in [0.717, 1.165) is 25.2 Å². The van der Waals surface area contributed by atoms with E-state index in [9.17, 15) is 0 Å². The van der Waals surface area contributed by atoms with Crippen molar-refractivity contribution in [2.75, 3.05) is 6.54 Å². The summed E-state index contributed by atoms with van der Waals surface area (Å²) in [5.41, 5.74) is 3.69. The second-order valence-electron chi connectivity index (χ2n) is 3.35. The minimum absolute atomic E-state index is 0.933. The molecule has 2 aromatic heterocycles. The number of nitrogens with zero attached hydrogens (tertiary/aromatic N) is 3. The first-order chi connectivity index (χ1) is 6.43. The van der Waals surface area contributed by atoms with Gasteiger partial charge in [0, 0.05) is 12.7 Å². The molecule has 2 aromatic rings. The van der Waals surface area contributed by atoms with Crippen molar-refractivity contribution in [2.45, 2.75) is 13.0 Å². The summed E-state index contributed by atoms with van der Waals surface area (Å²) in [5.74, 6) is 0. The van der Waals surface area contributed by atoms with Gasteiger partial charge in [-0.3, -0.25) is 4.40 Å². The molecule has 3 heterocycles. The Morgan fingerprint density at radius 2 is 2.38 bits per heavy atom. The van der Waals surface area contributed by atoms with Gasteiger partial charge in [0.1, 0.15) is 6.33 Å². The fraction of sp³-hybridized carbons (Fsp3) is 0.333. The van der Waals surface area contributed by atoms with Crippen LogP contribution in [0.3, 0.4) is 0 Å². The fourth-order valence-electron chi connectivity index (χ4n) is 1.79. The van der Waals surface area contributed by atoms with Crippen LogP contribution in [-0.2, 0) is 13.0 Å². The first-order valence-corrected chi connectivity index (χ1v) is 4.45. The number of nitrogens with one attached hydrogen (secondary N) is 1. The lowest BCUT2D eigenvalue weighted by molar-refractivity contribution is 0.641. The maximum absolute atomic E-state index is 4.01. The van der Waals surface area contributed by atoms with Crippen molar-refractivity contribution in [3.05, 3.63) is 29.7 Å². The van der Waals surface area contributed by atoms with E-state index in [2.05, 4.69) is 27.8 Å². The monoisotopic (exact) mass is 174 g/mol. The van der Waals surface area contributed by atoms with E-state index in [1.165, 1.54) is 11.1 Å². The van der Waals surface area contributed by atoms with E-state index in [-0.39, 0.29) is 0 Å². The van der Waals surface area contributed by atoms with Crippen LogP contribution in [-0.4, -0.2) is 21.1 Å². The lowest BCUT2D eigenvalue weighted by Gasteiger charge is -2.16. The molecule has 0 saturated heterocycles. The van der Waals surface area contributed by atoms with Crippen LogP contribution >= 0.6 is 0 Å². The minimum atomic E-state index is 0.933. The molecule has 0 aromatic carbocycles. The zero-order valence-electron chi connectivity index (χ0n) is 7.20. The SMILES string of the molecule is c1c2c(cn3cnnc13)CCNC2. The Morgan fingerprint density at radius 1 is 1.38 bits per heavy atom. The summed E-state index contributed by atoms with van der Waals surface area (Å²) < 4.78 is 1.98. The van der Waals surface area contributed by atoms with Crippen molar-refractivity contribution in [2.24, 2.45) is 0 Å². The maximum atomic E-state index is 4.01. The van der Waals surface area contributed by atoms with Gasteiger partial charge in [-0.2, -0.15) is 0 Å². The van der Waals surface area contributed by atoms with Gasteiger partial charge in [-0.25, -0.2) is 0 Å². The topological polar surface area (TPSA) is 42.2 Å². The van der Waals surface area contributed by atoms with Crippen LogP contribution in [0.2, 0.25) is 0 Å². The van der Waals surface area contributed by atoms with Crippen LogP contribution < -0.4 is 5.32 Å². The minimum Gasteiger partial charge on any atom is -0.312 e. The van der Waals surface area contributed by atoms with E-state index < -0.39 is 0 Å². The van der Waals surface area contributed by atoms with Gasteiger partial charge in [0.05, 0.1) is 0 Å². The zero-order chi connectivity index (χ0) is 8.67. The highest BCUT2D eigenvalue weighted by Crippen LogP contribution is 2.14. The predicted molar refractivity (Wildman–Crippen MR) is 48.4 cm³/mol. The molecule has 1 N–H and O–H groups in total. The quantitative estimate of drug-likeness (QED) is 0.627. The standard InChI is InChI=1S/C9H10N4/c1-2-10-4-8-3-9-12-11-6-13(9)5-7(1)8/h3,5-6,10H,1-2,4H2. The molecule has 3 rings (SSSR count). The van der Waals surface area contributed by atoms with Crippen molar-refractivity contribution < 1.29 is 0 Å². The Kier molecular flexibility index (Phi) is 1.37. The molecule has 0 atom stereocenters. The number of fused-ring (bicyclic) bond motifs is 2. The summed E-state index contributed by atoms with van der Waals surface area (Å²) in [4.78, 5) is 0. The summed E-state index contributed by atoms with van der Waals surface area (Å²) in [5, 5.41) is 11.2. The molecule has 4 nitrogen and oxygen atoms in total. The molecule has 1 aliphatic heterocycles. The normalized spacial score (nSPS) is 16.0. The molecule has 0 aliphatic carbocycles. The average Bonchev–Trinajstić information content (AvgIpc) is 2.61. The first kappa shape index (κ1) is 7.03. The van der Waals surface area contributed by atoms with Gasteiger partial charge in [0.2, 0.25) is 0 Å². The summed E-state index contributed by atoms with van der Waals surface area (Å²) >= 11 is 0. The van der Waals surface area contributed by atoms with Gasteiger partial charge in [0.25, 0.3) is 0 Å². The third kappa shape index (κ3) is 1.02. The molecule has 1 aliphatic rings. The lowest BCUT2D eigenvalue weighted by atomic mass is 10.0. The Balaban J connectivity index is 2.28. The fourth-order valence-corrected chi connectivity index (χ4v) is 1.79. The molecule has 0 radical (unpaired) electrons. The van der Waals surface area contributed by atoms with Gasteiger partial charge in [-0.15, -0.1) is 10.2 Å². The predicted octanol–water partition coefficient (Wildman–Crippen LogP) is 0.375. The van der Waals surface area contributed by atoms with E-state index in [1.54, 1.807) is 6.33 Å². The largest absolute Gasteiger partial charge is 0.312 e. The molecule has 0 unspecified atom stereocenters. The van der Waals surface area contributed by atoms with Gasteiger partial charge in [0.15, 0.2) is 5.65 Å². The smallest absolute Gasteiger partial charge is 0.160 e. The number of rotatable bonds is 0. The van der Waals surface area contributed by atoms with Crippen LogP contribution in [0.25, 0.3) is 5.65 Å². The van der Waals surface area contributed by atoms with Crippen molar-refractivity contribution in [3.63, 3.8) is 0 Å². The summed E-state index contributed by atoms with van der Waals surface area (Å²) in [6, 6.07) is 2.11. The third-order valence-electron chi connectivity index (χ3n) is 2.50. The Morgan fingerprint density at radius 3 is 3.38 bits per heavy atom. The van der Waals surface area contributed by atoms with Crippen molar-refractivity contribution in [1.29, 1.82) is 0 Å².